The Balaban J connectivity index is 2.09. The zero-order valence-electron chi connectivity index (χ0n) is 12.8. The Labute approximate surface area is 122 Å². The van der Waals surface area contributed by atoms with E-state index in [1.54, 1.807) is 0 Å². The summed E-state index contributed by atoms with van der Waals surface area (Å²) in [7, 11) is 0. The molecule has 1 nitrogen and oxygen atoms in total. The van der Waals surface area contributed by atoms with E-state index in [0.717, 1.165) is 19.4 Å². The molecule has 0 bridgehead atoms. The Hall–Kier alpha value is -1.60. The Kier molecular flexibility index (Phi) is 4.97. The zero-order valence-corrected chi connectivity index (χ0v) is 12.8. The first kappa shape index (κ1) is 14.8. The predicted molar refractivity (Wildman–Crippen MR) is 87.0 cm³/mol. The Morgan fingerprint density at radius 1 is 0.850 bits per heavy atom. The van der Waals surface area contributed by atoms with Crippen molar-refractivity contribution < 1.29 is 0 Å². The van der Waals surface area contributed by atoms with Gasteiger partial charge in [0, 0.05) is 0 Å². The fourth-order valence-electron chi connectivity index (χ4n) is 2.65. The van der Waals surface area contributed by atoms with Gasteiger partial charge in [-0.05, 0) is 73.9 Å². The second kappa shape index (κ2) is 6.71. The standard InChI is InChI=1S/C19H25N/c1-14-8-9-17(10-16(14)3)11-18(13-20)12-19-7-5-4-6-15(19)2/h4-10,18H,11-13,20H2,1-3H3. The summed E-state index contributed by atoms with van der Waals surface area (Å²) in [6, 6.07) is 15.4. The molecule has 0 saturated carbocycles. The molecule has 0 aliphatic rings. The number of nitrogens with two attached hydrogens (primary N) is 1. The highest BCUT2D eigenvalue weighted by atomic mass is 14.5. The maximum atomic E-state index is 5.99. The van der Waals surface area contributed by atoms with Crippen molar-refractivity contribution >= 4 is 0 Å². The van der Waals surface area contributed by atoms with E-state index in [9.17, 15) is 0 Å². The molecule has 1 unspecified atom stereocenters. The molecule has 2 N–H and O–H groups in total. The predicted octanol–water partition coefficient (Wildman–Crippen LogP) is 3.97. The van der Waals surface area contributed by atoms with Crippen LogP contribution in [0.25, 0.3) is 0 Å². The first-order valence-electron chi connectivity index (χ1n) is 7.41. The topological polar surface area (TPSA) is 26.0 Å². The van der Waals surface area contributed by atoms with Crippen molar-refractivity contribution in [3.8, 4) is 0 Å². The first-order chi connectivity index (χ1) is 9.60. The molecule has 0 aliphatic carbocycles. The quantitative estimate of drug-likeness (QED) is 0.871. The molecule has 0 spiro atoms. The smallest absolute Gasteiger partial charge is 0.00425 e. The molecule has 2 aromatic rings. The average molecular weight is 267 g/mol. The number of benzene rings is 2. The third-order valence-corrected chi connectivity index (χ3v) is 4.20. The summed E-state index contributed by atoms with van der Waals surface area (Å²) in [5.74, 6) is 0.512. The molecule has 0 amide bonds. The average Bonchev–Trinajstić information content (AvgIpc) is 2.44. The molecule has 2 rings (SSSR count). The van der Waals surface area contributed by atoms with Gasteiger partial charge in [0.2, 0.25) is 0 Å². The van der Waals surface area contributed by atoms with E-state index < -0.39 is 0 Å². The summed E-state index contributed by atoms with van der Waals surface area (Å²) in [6.45, 7) is 7.25. The van der Waals surface area contributed by atoms with E-state index in [-0.39, 0.29) is 0 Å². The van der Waals surface area contributed by atoms with Gasteiger partial charge in [-0.1, -0.05) is 42.5 Å². The van der Waals surface area contributed by atoms with Crippen LogP contribution in [0, 0.1) is 26.7 Å². The molecule has 0 radical (unpaired) electrons. The summed E-state index contributed by atoms with van der Waals surface area (Å²) in [6.07, 6.45) is 2.13. The van der Waals surface area contributed by atoms with Crippen molar-refractivity contribution in [1.29, 1.82) is 0 Å². The van der Waals surface area contributed by atoms with Gasteiger partial charge in [-0.25, -0.2) is 0 Å². The van der Waals surface area contributed by atoms with Gasteiger partial charge in [0.25, 0.3) is 0 Å². The van der Waals surface area contributed by atoms with Crippen LogP contribution in [0.5, 0.6) is 0 Å². The minimum atomic E-state index is 0.512. The minimum Gasteiger partial charge on any atom is -0.330 e. The molecular formula is C19H25N. The molecule has 0 saturated heterocycles. The molecule has 1 heteroatoms. The summed E-state index contributed by atoms with van der Waals surface area (Å²) in [5, 5.41) is 0. The fraction of sp³-hybridized carbons (Fsp3) is 0.368. The normalized spacial score (nSPS) is 12.4. The van der Waals surface area contributed by atoms with Gasteiger partial charge in [0.05, 0.1) is 0 Å². The lowest BCUT2D eigenvalue weighted by molar-refractivity contribution is 0.532. The third kappa shape index (κ3) is 3.71. The maximum absolute atomic E-state index is 5.99. The van der Waals surface area contributed by atoms with E-state index in [0.29, 0.717) is 5.92 Å². The molecule has 0 fully saturated rings. The first-order valence-corrected chi connectivity index (χ1v) is 7.41. The molecule has 0 aliphatic heterocycles. The molecular weight excluding hydrogens is 242 g/mol. The maximum Gasteiger partial charge on any atom is -0.00425 e. The number of hydrogen-bond donors (Lipinski definition) is 1. The minimum absolute atomic E-state index is 0.512. The molecule has 2 aromatic carbocycles. The van der Waals surface area contributed by atoms with Crippen molar-refractivity contribution in [2.45, 2.75) is 33.6 Å². The lowest BCUT2D eigenvalue weighted by Gasteiger charge is -2.17. The summed E-state index contributed by atoms with van der Waals surface area (Å²) in [5.41, 5.74) is 12.9. The van der Waals surface area contributed by atoms with Crippen LogP contribution in [-0.2, 0) is 12.8 Å². The largest absolute Gasteiger partial charge is 0.330 e. The molecule has 106 valence electrons. The Morgan fingerprint density at radius 3 is 2.25 bits per heavy atom. The number of rotatable bonds is 5. The molecule has 20 heavy (non-hydrogen) atoms. The van der Waals surface area contributed by atoms with E-state index in [1.807, 2.05) is 0 Å². The monoisotopic (exact) mass is 267 g/mol. The van der Waals surface area contributed by atoms with Crippen molar-refractivity contribution in [2.24, 2.45) is 11.7 Å². The highest BCUT2D eigenvalue weighted by molar-refractivity contribution is 5.31. The van der Waals surface area contributed by atoms with E-state index in [2.05, 4.69) is 63.2 Å². The second-order valence-corrected chi connectivity index (χ2v) is 5.86. The van der Waals surface area contributed by atoms with Gasteiger partial charge in [-0.3, -0.25) is 0 Å². The lowest BCUT2D eigenvalue weighted by atomic mass is 9.90. The summed E-state index contributed by atoms with van der Waals surface area (Å²) in [4.78, 5) is 0. The van der Waals surface area contributed by atoms with Crippen LogP contribution < -0.4 is 5.73 Å². The van der Waals surface area contributed by atoms with Gasteiger partial charge < -0.3 is 5.73 Å². The van der Waals surface area contributed by atoms with Crippen molar-refractivity contribution in [3.63, 3.8) is 0 Å². The van der Waals surface area contributed by atoms with Crippen LogP contribution in [-0.4, -0.2) is 6.54 Å². The molecule has 0 aromatic heterocycles. The van der Waals surface area contributed by atoms with Crippen LogP contribution in [0.15, 0.2) is 42.5 Å². The van der Waals surface area contributed by atoms with Gasteiger partial charge in [0.1, 0.15) is 0 Å². The van der Waals surface area contributed by atoms with Gasteiger partial charge in [-0.15, -0.1) is 0 Å². The van der Waals surface area contributed by atoms with Gasteiger partial charge in [0.15, 0.2) is 0 Å². The summed E-state index contributed by atoms with van der Waals surface area (Å²) < 4.78 is 0. The third-order valence-electron chi connectivity index (χ3n) is 4.20. The van der Waals surface area contributed by atoms with Crippen LogP contribution >= 0.6 is 0 Å². The van der Waals surface area contributed by atoms with Gasteiger partial charge in [-0.2, -0.15) is 0 Å². The Bertz CT molecular complexity index is 572. The van der Waals surface area contributed by atoms with Gasteiger partial charge >= 0.3 is 0 Å². The van der Waals surface area contributed by atoms with E-state index in [4.69, 9.17) is 5.73 Å². The SMILES string of the molecule is Cc1ccc(CC(CN)Cc2ccccc2C)cc1C. The highest BCUT2D eigenvalue weighted by Gasteiger charge is 2.11. The molecule has 1 atom stereocenters. The van der Waals surface area contributed by atoms with Crippen LogP contribution in [0.3, 0.4) is 0 Å². The van der Waals surface area contributed by atoms with Crippen LogP contribution in [0.1, 0.15) is 27.8 Å². The second-order valence-electron chi connectivity index (χ2n) is 5.86. The van der Waals surface area contributed by atoms with Crippen molar-refractivity contribution in [1.82, 2.24) is 0 Å². The van der Waals surface area contributed by atoms with Crippen LogP contribution in [0.2, 0.25) is 0 Å². The van der Waals surface area contributed by atoms with E-state index >= 15 is 0 Å². The Morgan fingerprint density at radius 2 is 1.60 bits per heavy atom. The highest BCUT2D eigenvalue weighted by Crippen LogP contribution is 2.18. The van der Waals surface area contributed by atoms with Crippen molar-refractivity contribution in [2.75, 3.05) is 6.54 Å². The lowest BCUT2D eigenvalue weighted by Crippen LogP contribution is -2.19. The van der Waals surface area contributed by atoms with Crippen molar-refractivity contribution in [3.05, 3.63) is 70.3 Å². The number of hydrogen-bond acceptors (Lipinski definition) is 1. The van der Waals surface area contributed by atoms with E-state index in [1.165, 1.54) is 27.8 Å². The zero-order chi connectivity index (χ0) is 14.5. The van der Waals surface area contributed by atoms with Crippen LogP contribution in [0.4, 0.5) is 0 Å². The fourth-order valence-corrected chi connectivity index (χ4v) is 2.65. The summed E-state index contributed by atoms with van der Waals surface area (Å²) >= 11 is 0. The molecule has 0 heterocycles. The number of aryl methyl sites for hydroxylation is 3.